The number of rotatable bonds is 10. The number of aromatic nitrogens is 6. The van der Waals surface area contributed by atoms with Crippen LogP contribution in [0.25, 0.3) is 11.3 Å². The van der Waals surface area contributed by atoms with Crippen LogP contribution in [0.2, 0.25) is 5.02 Å². The average molecular weight is 428 g/mol. The van der Waals surface area contributed by atoms with Gasteiger partial charge in [-0.25, -0.2) is 9.97 Å². The summed E-state index contributed by atoms with van der Waals surface area (Å²) in [6, 6.07) is 2.62. The second-order valence-corrected chi connectivity index (χ2v) is 8.74. The highest BCUT2D eigenvalue weighted by Gasteiger charge is 2.26. The van der Waals surface area contributed by atoms with Gasteiger partial charge in [-0.2, -0.15) is 10.2 Å². The zero-order valence-electron chi connectivity index (χ0n) is 17.9. The lowest BCUT2D eigenvalue weighted by atomic mass is 10.1. The van der Waals surface area contributed by atoms with Crippen LogP contribution in [0.5, 0.6) is 0 Å². The molecule has 160 valence electrons. The Balaban J connectivity index is 1.44. The number of nitrogens with one attached hydrogen (secondary N) is 1. The van der Waals surface area contributed by atoms with Crippen LogP contribution in [-0.4, -0.2) is 35.6 Å². The van der Waals surface area contributed by atoms with Gasteiger partial charge >= 0.3 is 0 Å². The van der Waals surface area contributed by atoms with E-state index in [9.17, 15) is 0 Å². The number of nitrogens with zero attached hydrogens (tertiary/aromatic N) is 6. The van der Waals surface area contributed by atoms with E-state index >= 15 is 0 Å². The van der Waals surface area contributed by atoms with Gasteiger partial charge in [-0.15, -0.1) is 0 Å². The van der Waals surface area contributed by atoms with Crippen molar-refractivity contribution < 1.29 is 0 Å². The van der Waals surface area contributed by atoms with Crippen LogP contribution in [0.1, 0.15) is 57.7 Å². The first-order chi connectivity index (χ1) is 14.5. The van der Waals surface area contributed by atoms with E-state index in [4.69, 9.17) is 16.6 Å². The molecular formula is C22H30ClN7. The van der Waals surface area contributed by atoms with E-state index in [-0.39, 0.29) is 6.04 Å². The van der Waals surface area contributed by atoms with Gasteiger partial charge in [-0.05, 0) is 57.4 Å². The lowest BCUT2D eigenvalue weighted by molar-refractivity contribution is 0.394. The minimum Gasteiger partial charge on any atom is -0.352 e. The molecule has 8 heteroatoms. The molecule has 1 N–H and O–H groups in total. The van der Waals surface area contributed by atoms with Crippen molar-refractivity contribution in [1.82, 2.24) is 29.5 Å². The number of aryl methyl sites for hydroxylation is 1. The van der Waals surface area contributed by atoms with Crippen molar-refractivity contribution in [3.8, 4) is 11.3 Å². The summed E-state index contributed by atoms with van der Waals surface area (Å²) in [5, 5.41) is 12.8. The molecule has 3 aromatic rings. The van der Waals surface area contributed by atoms with Crippen LogP contribution in [0.3, 0.4) is 0 Å². The maximum atomic E-state index is 6.48. The fraction of sp³-hybridized carbons (Fsp3) is 0.545. The smallest absolute Gasteiger partial charge is 0.223 e. The topological polar surface area (TPSA) is 73.5 Å². The second kappa shape index (κ2) is 9.16. The second-order valence-electron chi connectivity index (χ2n) is 8.34. The normalized spacial score (nSPS) is 15.9. The van der Waals surface area contributed by atoms with Gasteiger partial charge in [0.25, 0.3) is 0 Å². The van der Waals surface area contributed by atoms with Crippen LogP contribution in [0.4, 0.5) is 5.95 Å². The van der Waals surface area contributed by atoms with Crippen molar-refractivity contribution in [3.63, 3.8) is 0 Å². The Morgan fingerprint density at radius 3 is 2.77 bits per heavy atom. The Morgan fingerprint density at radius 1 is 1.23 bits per heavy atom. The standard InChI is InChI=1S/C22H30ClN7/c1-4-17(30-11-5-10-25-30)9-6-15(2)27-22-24-14-19(23)21(28-22)18-13-26-29(3)20(18)12-16-7-8-16/h5,10-11,13-17H,4,6-9,12H2,1-3H3,(H,24,27,28)/t15-,17-/m0/s1. The third-order valence-corrected chi connectivity index (χ3v) is 6.19. The summed E-state index contributed by atoms with van der Waals surface area (Å²) in [7, 11) is 1.99. The molecule has 0 aliphatic heterocycles. The van der Waals surface area contributed by atoms with Gasteiger partial charge in [0, 0.05) is 36.7 Å². The molecule has 1 aliphatic rings. The summed E-state index contributed by atoms with van der Waals surface area (Å²) in [6.07, 6.45) is 14.1. The van der Waals surface area contributed by atoms with Gasteiger partial charge in [-0.3, -0.25) is 9.36 Å². The molecule has 0 saturated heterocycles. The molecule has 0 amide bonds. The number of anilines is 1. The number of halogens is 1. The quantitative estimate of drug-likeness (QED) is 0.497. The SMILES string of the molecule is CC[C@@H](CC[C@H](C)Nc1ncc(Cl)c(-c2cnn(C)c2CC2CC2)n1)n1cccn1. The Morgan fingerprint density at radius 2 is 2.07 bits per heavy atom. The molecule has 0 spiro atoms. The molecule has 0 bridgehead atoms. The molecule has 7 nitrogen and oxygen atoms in total. The van der Waals surface area contributed by atoms with Gasteiger partial charge in [0.2, 0.25) is 5.95 Å². The molecule has 3 heterocycles. The molecule has 0 unspecified atom stereocenters. The van der Waals surface area contributed by atoms with Crippen molar-refractivity contribution in [2.24, 2.45) is 13.0 Å². The van der Waals surface area contributed by atoms with Crippen LogP contribution in [0.15, 0.2) is 30.9 Å². The summed E-state index contributed by atoms with van der Waals surface area (Å²) in [5.41, 5.74) is 2.97. The summed E-state index contributed by atoms with van der Waals surface area (Å²) in [4.78, 5) is 9.17. The van der Waals surface area contributed by atoms with Gasteiger partial charge in [-0.1, -0.05) is 18.5 Å². The zero-order valence-corrected chi connectivity index (χ0v) is 18.7. The Bertz CT molecular complexity index is 962. The van der Waals surface area contributed by atoms with Gasteiger partial charge in [0.15, 0.2) is 0 Å². The van der Waals surface area contributed by atoms with Crippen molar-refractivity contribution in [2.45, 2.75) is 64.5 Å². The highest BCUT2D eigenvalue weighted by atomic mass is 35.5. The van der Waals surface area contributed by atoms with Crippen molar-refractivity contribution >= 4 is 17.5 Å². The monoisotopic (exact) mass is 427 g/mol. The summed E-state index contributed by atoms with van der Waals surface area (Å²) < 4.78 is 4.00. The largest absolute Gasteiger partial charge is 0.352 e. The lowest BCUT2D eigenvalue weighted by Gasteiger charge is -2.19. The van der Waals surface area contributed by atoms with Crippen LogP contribution in [0, 0.1) is 5.92 Å². The fourth-order valence-corrected chi connectivity index (χ4v) is 4.07. The van der Waals surface area contributed by atoms with Crippen LogP contribution >= 0.6 is 11.6 Å². The summed E-state index contributed by atoms with van der Waals surface area (Å²) in [6.45, 7) is 4.36. The van der Waals surface area contributed by atoms with Gasteiger partial charge in [0.05, 0.1) is 29.2 Å². The summed E-state index contributed by atoms with van der Waals surface area (Å²) in [5.74, 6) is 1.37. The predicted molar refractivity (Wildman–Crippen MR) is 120 cm³/mol. The highest BCUT2D eigenvalue weighted by Crippen LogP contribution is 2.36. The van der Waals surface area contributed by atoms with Crippen molar-refractivity contribution in [2.75, 3.05) is 5.32 Å². The molecule has 1 saturated carbocycles. The molecular weight excluding hydrogens is 398 g/mol. The Hall–Kier alpha value is -2.41. The van der Waals surface area contributed by atoms with E-state index in [1.165, 1.54) is 18.5 Å². The van der Waals surface area contributed by atoms with E-state index in [1.54, 1.807) is 6.20 Å². The minimum atomic E-state index is 0.239. The maximum Gasteiger partial charge on any atom is 0.223 e. The van der Waals surface area contributed by atoms with E-state index < -0.39 is 0 Å². The third kappa shape index (κ3) is 4.83. The number of hydrogen-bond acceptors (Lipinski definition) is 5. The van der Waals surface area contributed by atoms with E-state index in [2.05, 4.69) is 34.3 Å². The maximum absolute atomic E-state index is 6.48. The summed E-state index contributed by atoms with van der Waals surface area (Å²) >= 11 is 6.48. The van der Waals surface area contributed by atoms with E-state index in [0.717, 1.165) is 42.9 Å². The average Bonchev–Trinajstić information content (AvgIpc) is 3.25. The molecule has 1 fully saturated rings. The molecule has 2 atom stereocenters. The van der Waals surface area contributed by atoms with E-state index in [0.29, 0.717) is 17.0 Å². The molecule has 4 rings (SSSR count). The third-order valence-electron chi connectivity index (χ3n) is 5.92. The molecule has 1 aliphatic carbocycles. The predicted octanol–water partition coefficient (Wildman–Crippen LogP) is 4.91. The minimum absolute atomic E-state index is 0.239. The fourth-order valence-electron chi connectivity index (χ4n) is 3.88. The molecule has 0 aromatic carbocycles. The first kappa shape index (κ1) is 20.8. The number of hydrogen-bond donors (Lipinski definition) is 1. The van der Waals surface area contributed by atoms with Gasteiger partial charge in [0.1, 0.15) is 0 Å². The first-order valence-corrected chi connectivity index (χ1v) is 11.2. The van der Waals surface area contributed by atoms with Crippen LogP contribution < -0.4 is 5.32 Å². The molecule has 3 aromatic heterocycles. The van der Waals surface area contributed by atoms with Gasteiger partial charge < -0.3 is 5.32 Å². The van der Waals surface area contributed by atoms with Crippen molar-refractivity contribution in [1.29, 1.82) is 0 Å². The van der Waals surface area contributed by atoms with E-state index in [1.807, 2.05) is 41.1 Å². The first-order valence-electron chi connectivity index (χ1n) is 10.8. The molecule has 0 radical (unpaired) electrons. The zero-order chi connectivity index (χ0) is 21.1. The Labute approximate surface area is 182 Å². The van der Waals surface area contributed by atoms with Crippen LogP contribution in [-0.2, 0) is 13.5 Å². The highest BCUT2D eigenvalue weighted by molar-refractivity contribution is 6.32. The van der Waals surface area contributed by atoms with Crippen molar-refractivity contribution in [3.05, 3.63) is 41.6 Å². The lowest BCUT2D eigenvalue weighted by Crippen LogP contribution is -2.19. The molecule has 30 heavy (non-hydrogen) atoms. The Kier molecular flexibility index (Phi) is 6.37.